The fourth-order valence-electron chi connectivity index (χ4n) is 1.74. The highest BCUT2D eigenvalue weighted by Gasteiger charge is 2.23. The zero-order chi connectivity index (χ0) is 10.7. The first-order valence-electron chi connectivity index (χ1n) is 5.15. The van der Waals surface area contributed by atoms with Crippen molar-refractivity contribution < 1.29 is 4.74 Å². The number of nitrogens with zero attached hydrogens (tertiary/aromatic N) is 3. The standard InChI is InChI=1S/C10H16N4O/c1-8-4-10(13-12-6-8)14-2-3-15-7-9(14)5-11/h4,6,9H,2-3,5,7,11H2,1H3. The van der Waals surface area contributed by atoms with Crippen LogP contribution in [0.5, 0.6) is 0 Å². The van der Waals surface area contributed by atoms with Crippen molar-refractivity contribution in [2.24, 2.45) is 5.73 Å². The van der Waals surface area contributed by atoms with Crippen molar-refractivity contribution >= 4 is 5.82 Å². The van der Waals surface area contributed by atoms with Crippen LogP contribution in [-0.2, 0) is 4.74 Å². The van der Waals surface area contributed by atoms with Crippen molar-refractivity contribution in [1.29, 1.82) is 0 Å². The van der Waals surface area contributed by atoms with Gasteiger partial charge in [0.15, 0.2) is 5.82 Å². The summed E-state index contributed by atoms with van der Waals surface area (Å²) in [6, 6.07) is 2.25. The summed E-state index contributed by atoms with van der Waals surface area (Å²) in [5.74, 6) is 0.897. The average Bonchev–Trinajstić information content (AvgIpc) is 2.29. The van der Waals surface area contributed by atoms with Crippen molar-refractivity contribution in [3.8, 4) is 0 Å². The molecule has 1 aromatic heterocycles. The summed E-state index contributed by atoms with van der Waals surface area (Å²) in [6.07, 6.45) is 1.75. The highest BCUT2D eigenvalue weighted by atomic mass is 16.5. The molecule has 1 aromatic rings. The fourth-order valence-corrected chi connectivity index (χ4v) is 1.74. The van der Waals surface area contributed by atoms with Gasteiger partial charge >= 0.3 is 0 Å². The molecule has 5 nitrogen and oxygen atoms in total. The van der Waals surface area contributed by atoms with Crippen molar-refractivity contribution in [2.45, 2.75) is 13.0 Å². The number of nitrogens with two attached hydrogens (primary N) is 1. The molecule has 0 radical (unpaired) electrons. The summed E-state index contributed by atoms with van der Waals surface area (Å²) in [5.41, 5.74) is 6.81. The first-order valence-corrected chi connectivity index (χ1v) is 5.15. The molecular weight excluding hydrogens is 192 g/mol. The Morgan fingerprint density at radius 2 is 2.53 bits per heavy atom. The Morgan fingerprint density at radius 3 is 3.27 bits per heavy atom. The van der Waals surface area contributed by atoms with Gasteiger partial charge in [0, 0.05) is 13.1 Å². The van der Waals surface area contributed by atoms with E-state index < -0.39 is 0 Å². The van der Waals surface area contributed by atoms with Gasteiger partial charge in [0.05, 0.1) is 25.5 Å². The Bertz CT molecular complexity index is 331. The maximum Gasteiger partial charge on any atom is 0.151 e. The summed E-state index contributed by atoms with van der Waals surface area (Å²) >= 11 is 0. The van der Waals surface area contributed by atoms with Crippen LogP contribution >= 0.6 is 0 Å². The lowest BCUT2D eigenvalue weighted by Gasteiger charge is -2.35. The average molecular weight is 208 g/mol. The predicted molar refractivity (Wildman–Crippen MR) is 57.8 cm³/mol. The van der Waals surface area contributed by atoms with Crippen molar-refractivity contribution in [3.63, 3.8) is 0 Å². The van der Waals surface area contributed by atoms with Gasteiger partial charge in [-0.05, 0) is 18.6 Å². The molecule has 0 saturated carbocycles. The molecular formula is C10H16N4O. The molecule has 0 aliphatic carbocycles. The molecule has 15 heavy (non-hydrogen) atoms. The van der Waals surface area contributed by atoms with Crippen molar-refractivity contribution in [2.75, 3.05) is 31.2 Å². The van der Waals surface area contributed by atoms with E-state index in [4.69, 9.17) is 10.5 Å². The summed E-state index contributed by atoms with van der Waals surface area (Å²) in [6.45, 7) is 4.82. The van der Waals surface area contributed by atoms with Gasteiger partial charge in [-0.15, -0.1) is 5.10 Å². The largest absolute Gasteiger partial charge is 0.377 e. The molecule has 1 unspecified atom stereocenters. The summed E-state index contributed by atoms with van der Waals surface area (Å²) < 4.78 is 5.39. The van der Waals surface area contributed by atoms with Crippen LogP contribution in [0, 0.1) is 6.92 Å². The van der Waals surface area contributed by atoms with Gasteiger partial charge in [-0.25, -0.2) is 0 Å². The van der Waals surface area contributed by atoms with Crippen LogP contribution in [0.1, 0.15) is 5.56 Å². The van der Waals surface area contributed by atoms with E-state index in [2.05, 4.69) is 15.1 Å². The van der Waals surface area contributed by atoms with Gasteiger partial charge < -0.3 is 15.4 Å². The monoisotopic (exact) mass is 208 g/mol. The lowest BCUT2D eigenvalue weighted by Crippen LogP contribution is -2.49. The minimum Gasteiger partial charge on any atom is -0.377 e. The third-order valence-corrected chi connectivity index (χ3v) is 2.57. The lowest BCUT2D eigenvalue weighted by molar-refractivity contribution is 0.0957. The van der Waals surface area contributed by atoms with E-state index in [-0.39, 0.29) is 6.04 Å². The Hall–Kier alpha value is -1.20. The number of hydrogen-bond acceptors (Lipinski definition) is 5. The summed E-state index contributed by atoms with van der Waals surface area (Å²) in [5, 5.41) is 8.08. The number of ether oxygens (including phenoxy) is 1. The number of anilines is 1. The van der Waals surface area contributed by atoms with Gasteiger partial charge in [0.1, 0.15) is 0 Å². The van der Waals surface area contributed by atoms with Gasteiger partial charge in [0.2, 0.25) is 0 Å². The van der Waals surface area contributed by atoms with E-state index in [0.29, 0.717) is 13.2 Å². The van der Waals surface area contributed by atoms with E-state index in [1.807, 2.05) is 13.0 Å². The SMILES string of the molecule is Cc1cnnc(N2CCOCC2CN)c1. The third kappa shape index (κ3) is 2.24. The Balaban J connectivity index is 2.20. The van der Waals surface area contributed by atoms with Gasteiger partial charge in [-0.3, -0.25) is 0 Å². The van der Waals surface area contributed by atoms with Crippen molar-refractivity contribution in [3.05, 3.63) is 17.8 Å². The van der Waals surface area contributed by atoms with Gasteiger partial charge in [0.25, 0.3) is 0 Å². The second-order valence-electron chi connectivity index (χ2n) is 3.75. The zero-order valence-corrected chi connectivity index (χ0v) is 8.89. The predicted octanol–water partition coefficient (Wildman–Crippen LogP) is -0.0511. The van der Waals surface area contributed by atoms with Crippen LogP contribution in [0.3, 0.4) is 0 Å². The van der Waals surface area contributed by atoms with Gasteiger partial charge in [-0.2, -0.15) is 5.10 Å². The first-order chi connectivity index (χ1) is 7.31. The van der Waals surface area contributed by atoms with E-state index in [9.17, 15) is 0 Å². The molecule has 0 amide bonds. The first kappa shape index (κ1) is 10.3. The normalized spacial score (nSPS) is 21.7. The maximum absolute atomic E-state index is 5.70. The van der Waals surface area contributed by atoms with Crippen LogP contribution in [-0.4, -0.2) is 42.5 Å². The number of aromatic nitrogens is 2. The Labute approximate surface area is 89.2 Å². The molecule has 0 spiro atoms. The molecule has 5 heteroatoms. The van der Waals surface area contributed by atoms with E-state index in [1.165, 1.54) is 0 Å². The lowest BCUT2D eigenvalue weighted by atomic mass is 10.2. The van der Waals surface area contributed by atoms with E-state index in [0.717, 1.165) is 24.5 Å². The van der Waals surface area contributed by atoms with Crippen LogP contribution in [0.4, 0.5) is 5.82 Å². The number of rotatable bonds is 2. The molecule has 1 aliphatic heterocycles. The fraction of sp³-hybridized carbons (Fsp3) is 0.600. The van der Waals surface area contributed by atoms with Crippen molar-refractivity contribution in [1.82, 2.24) is 10.2 Å². The summed E-state index contributed by atoms with van der Waals surface area (Å²) in [7, 11) is 0. The molecule has 1 aliphatic rings. The van der Waals surface area contributed by atoms with Crippen LogP contribution in [0.25, 0.3) is 0 Å². The molecule has 1 saturated heterocycles. The third-order valence-electron chi connectivity index (χ3n) is 2.57. The number of morpholine rings is 1. The smallest absolute Gasteiger partial charge is 0.151 e. The maximum atomic E-state index is 5.70. The summed E-state index contributed by atoms with van der Waals surface area (Å²) in [4.78, 5) is 2.17. The number of aryl methyl sites for hydroxylation is 1. The van der Waals surface area contributed by atoms with Crippen LogP contribution < -0.4 is 10.6 Å². The molecule has 2 N–H and O–H groups in total. The quantitative estimate of drug-likeness (QED) is 0.738. The molecule has 2 heterocycles. The molecule has 0 aromatic carbocycles. The van der Waals surface area contributed by atoms with Crippen LogP contribution in [0.2, 0.25) is 0 Å². The molecule has 1 fully saturated rings. The highest BCUT2D eigenvalue weighted by molar-refractivity contribution is 5.41. The highest BCUT2D eigenvalue weighted by Crippen LogP contribution is 2.16. The van der Waals surface area contributed by atoms with E-state index >= 15 is 0 Å². The van der Waals surface area contributed by atoms with Gasteiger partial charge in [-0.1, -0.05) is 0 Å². The number of hydrogen-bond donors (Lipinski definition) is 1. The molecule has 2 rings (SSSR count). The topological polar surface area (TPSA) is 64.3 Å². The zero-order valence-electron chi connectivity index (χ0n) is 8.89. The van der Waals surface area contributed by atoms with Crippen LogP contribution in [0.15, 0.2) is 12.3 Å². The Morgan fingerprint density at radius 1 is 1.67 bits per heavy atom. The second-order valence-corrected chi connectivity index (χ2v) is 3.75. The minimum atomic E-state index is 0.217. The Kier molecular flexibility index (Phi) is 3.13. The minimum absolute atomic E-state index is 0.217. The second kappa shape index (κ2) is 4.55. The van der Waals surface area contributed by atoms with E-state index in [1.54, 1.807) is 6.20 Å². The molecule has 82 valence electrons. The molecule has 1 atom stereocenters. The molecule has 0 bridgehead atoms.